The van der Waals surface area contributed by atoms with E-state index in [4.69, 9.17) is 0 Å². The van der Waals surface area contributed by atoms with Crippen LogP contribution in [0.1, 0.15) is 0 Å². The maximum absolute atomic E-state index is 4.14. The van der Waals surface area contributed by atoms with Gasteiger partial charge in [-0.1, -0.05) is 24.3 Å². The van der Waals surface area contributed by atoms with Gasteiger partial charge >= 0.3 is 0 Å². The van der Waals surface area contributed by atoms with E-state index in [0.717, 1.165) is 29.7 Å². The Kier molecular flexibility index (Phi) is 2.87. The fraction of sp³-hybridized carbons (Fsp3) is 0.154. The summed E-state index contributed by atoms with van der Waals surface area (Å²) in [5, 5.41) is 13.6. The van der Waals surface area contributed by atoms with E-state index in [1.807, 2.05) is 35.0 Å². The summed E-state index contributed by atoms with van der Waals surface area (Å²) in [6, 6.07) is 8.08. The molecule has 0 saturated carbocycles. The van der Waals surface area contributed by atoms with Crippen LogP contribution in [0.25, 0.3) is 10.8 Å². The first-order chi connectivity index (χ1) is 8.93. The first-order valence-corrected chi connectivity index (χ1v) is 5.83. The number of nitrogens with zero attached hydrogens (tertiary/aromatic N) is 4. The van der Waals surface area contributed by atoms with E-state index in [2.05, 4.69) is 20.5 Å². The maximum atomic E-state index is 4.14. The normalized spacial score (nSPS) is 10.7. The molecule has 18 heavy (non-hydrogen) atoms. The molecule has 90 valence electrons. The molecule has 5 nitrogen and oxygen atoms in total. The van der Waals surface area contributed by atoms with Crippen LogP contribution >= 0.6 is 0 Å². The molecule has 0 unspecified atom stereocenters. The minimum absolute atomic E-state index is 0.791. The summed E-state index contributed by atoms with van der Waals surface area (Å²) >= 11 is 0. The molecule has 1 N–H and O–H groups in total. The molecule has 0 radical (unpaired) electrons. The Balaban J connectivity index is 1.74. The van der Waals surface area contributed by atoms with Crippen molar-refractivity contribution in [3.63, 3.8) is 0 Å². The van der Waals surface area contributed by atoms with Gasteiger partial charge < -0.3 is 9.88 Å². The van der Waals surface area contributed by atoms with Crippen LogP contribution in [0.4, 0.5) is 5.82 Å². The number of nitrogens with one attached hydrogen (secondary N) is 1. The van der Waals surface area contributed by atoms with Crippen LogP contribution in [0.5, 0.6) is 0 Å². The third-order valence-electron chi connectivity index (χ3n) is 2.79. The second kappa shape index (κ2) is 4.83. The highest BCUT2D eigenvalue weighted by Crippen LogP contribution is 2.18. The van der Waals surface area contributed by atoms with E-state index in [1.54, 1.807) is 18.7 Å². The number of anilines is 1. The lowest BCUT2D eigenvalue weighted by atomic mass is 10.2. The van der Waals surface area contributed by atoms with Crippen molar-refractivity contribution in [1.29, 1.82) is 0 Å². The molecule has 0 fully saturated rings. The van der Waals surface area contributed by atoms with Crippen LogP contribution in [0.3, 0.4) is 0 Å². The summed E-state index contributed by atoms with van der Waals surface area (Å²) in [5.41, 5.74) is 0. The largest absolute Gasteiger partial charge is 0.366 e. The molecule has 0 aliphatic carbocycles. The highest BCUT2D eigenvalue weighted by atomic mass is 15.2. The molecule has 1 aromatic carbocycles. The van der Waals surface area contributed by atoms with E-state index in [-0.39, 0.29) is 0 Å². The molecule has 0 atom stereocenters. The lowest BCUT2D eigenvalue weighted by molar-refractivity contribution is 0.724. The van der Waals surface area contributed by atoms with Crippen molar-refractivity contribution in [2.24, 2.45) is 0 Å². The van der Waals surface area contributed by atoms with Gasteiger partial charge in [0.05, 0.1) is 12.5 Å². The van der Waals surface area contributed by atoms with Crippen molar-refractivity contribution in [3.05, 3.63) is 49.2 Å². The Morgan fingerprint density at radius 3 is 3.06 bits per heavy atom. The minimum atomic E-state index is 0.791. The zero-order chi connectivity index (χ0) is 12.2. The molecule has 5 heteroatoms. The molecule has 0 saturated heterocycles. The number of hydrogen-bond acceptors (Lipinski definition) is 4. The van der Waals surface area contributed by atoms with Gasteiger partial charge in [0.1, 0.15) is 0 Å². The zero-order valence-corrected chi connectivity index (χ0v) is 9.82. The molecule has 3 aromatic rings. The van der Waals surface area contributed by atoms with Crippen LogP contribution in [-0.4, -0.2) is 26.3 Å². The molecule has 0 amide bonds. The van der Waals surface area contributed by atoms with Crippen molar-refractivity contribution >= 4 is 16.6 Å². The minimum Gasteiger partial charge on any atom is -0.366 e. The van der Waals surface area contributed by atoms with Crippen LogP contribution < -0.4 is 5.32 Å². The average Bonchev–Trinajstić information content (AvgIpc) is 2.92. The highest BCUT2D eigenvalue weighted by molar-refractivity contribution is 5.90. The SMILES string of the molecule is c1ccc2c(NCCn3ccnc3)nncc2c1. The van der Waals surface area contributed by atoms with Gasteiger partial charge in [0.2, 0.25) is 0 Å². The third-order valence-corrected chi connectivity index (χ3v) is 2.79. The van der Waals surface area contributed by atoms with Crippen molar-refractivity contribution in [2.45, 2.75) is 6.54 Å². The van der Waals surface area contributed by atoms with Crippen molar-refractivity contribution in [2.75, 3.05) is 11.9 Å². The number of benzene rings is 1. The van der Waals surface area contributed by atoms with Gasteiger partial charge in [-0.2, -0.15) is 5.10 Å². The first-order valence-electron chi connectivity index (χ1n) is 5.83. The van der Waals surface area contributed by atoms with Gasteiger partial charge in [-0.3, -0.25) is 0 Å². The van der Waals surface area contributed by atoms with Gasteiger partial charge in [0.25, 0.3) is 0 Å². The van der Waals surface area contributed by atoms with Crippen molar-refractivity contribution < 1.29 is 0 Å². The van der Waals surface area contributed by atoms with Crippen LogP contribution in [0.2, 0.25) is 0 Å². The Hall–Kier alpha value is -2.43. The fourth-order valence-electron chi connectivity index (χ4n) is 1.88. The summed E-state index contributed by atoms with van der Waals surface area (Å²) in [6.07, 6.45) is 7.29. The average molecular weight is 239 g/mol. The van der Waals surface area contributed by atoms with Crippen molar-refractivity contribution in [1.82, 2.24) is 19.7 Å². The van der Waals surface area contributed by atoms with Gasteiger partial charge in [-0.05, 0) is 0 Å². The van der Waals surface area contributed by atoms with Gasteiger partial charge in [0, 0.05) is 36.3 Å². The molecule has 3 rings (SSSR count). The smallest absolute Gasteiger partial charge is 0.156 e. The van der Waals surface area contributed by atoms with E-state index < -0.39 is 0 Å². The molecule has 2 heterocycles. The number of aromatic nitrogens is 4. The molecular formula is C13H13N5. The molecule has 0 bridgehead atoms. The zero-order valence-electron chi connectivity index (χ0n) is 9.82. The third kappa shape index (κ3) is 2.15. The van der Waals surface area contributed by atoms with Crippen LogP contribution in [0.15, 0.2) is 49.2 Å². The molecular weight excluding hydrogens is 226 g/mol. The van der Waals surface area contributed by atoms with E-state index in [0.29, 0.717) is 0 Å². The molecule has 0 spiro atoms. The Morgan fingerprint density at radius 2 is 2.17 bits per heavy atom. The fourth-order valence-corrected chi connectivity index (χ4v) is 1.88. The monoisotopic (exact) mass is 239 g/mol. The number of fused-ring (bicyclic) bond motifs is 1. The second-order valence-corrected chi connectivity index (χ2v) is 4.01. The Morgan fingerprint density at radius 1 is 1.22 bits per heavy atom. The summed E-state index contributed by atoms with van der Waals surface area (Å²) in [5.74, 6) is 0.827. The first kappa shape index (κ1) is 10.7. The van der Waals surface area contributed by atoms with E-state index in [1.165, 1.54) is 0 Å². The summed E-state index contributed by atoms with van der Waals surface area (Å²) in [7, 11) is 0. The quantitative estimate of drug-likeness (QED) is 0.756. The van der Waals surface area contributed by atoms with Crippen molar-refractivity contribution in [3.8, 4) is 0 Å². The van der Waals surface area contributed by atoms with Crippen LogP contribution in [-0.2, 0) is 6.54 Å². The van der Waals surface area contributed by atoms with Gasteiger partial charge in [-0.25, -0.2) is 4.98 Å². The predicted molar refractivity (Wildman–Crippen MR) is 70.3 cm³/mol. The summed E-state index contributed by atoms with van der Waals surface area (Å²) in [6.45, 7) is 1.64. The lowest BCUT2D eigenvalue weighted by Crippen LogP contribution is -2.10. The lowest BCUT2D eigenvalue weighted by Gasteiger charge is -2.07. The molecule has 0 aliphatic heterocycles. The van der Waals surface area contributed by atoms with Gasteiger partial charge in [-0.15, -0.1) is 5.10 Å². The van der Waals surface area contributed by atoms with E-state index >= 15 is 0 Å². The van der Waals surface area contributed by atoms with Gasteiger partial charge in [0.15, 0.2) is 5.82 Å². The molecule has 0 aliphatic rings. The standard InChI is InChI=1S/C13H13N5/c1-2-4-12-11(3-1)9-16-17-13(12)15-6-8-18-7-5-14-10-18/h1-5,7,9-10H,6,8H2,(H,15,17). The number of imidazole rings is 1. The number of hydrogen-bond donors (Lipinski definition) is 1. The Bertz CT molecular complexity index is 627. The highest BCUT2D eigenvalue weighted by Gasteiger charge is 2.01. The topological polar surface area (TPSA) is 55.6 Å². The summed E-state index contributed by atoms with van der Waals surface area (Å²) in [4.78, 5) is 4.00. The van der Waals surface area contributed by atoms with E-state index in [9.17, 15) is 0 Å². The Labute approximate surface area is 104 Å². The van der Waals surface area contributed by atoms with Crippen LogP contribution in [0, 0.1) is 0 Å². The maximum Gasteiger partial charge on any atom is 0.156 e. The predicted octanol–water partition coefficient (Wildman–Crippen LogP) is 1.94. The summed E-state index contributed by atoms with van der Waals surface area (Å²) < 4.78 is 2.02. The second-order valence-electron chi connectivity index (χ2n) is 4.01. The number of rotatable bonds is 4. The molecule has 2 aromatic heterocycles.